The van der Waals surface area contributed by atoms with Gasteiger partial charge in [-0.3, -0.25) is 4.79 Å². The highest BCUT2D eigenvalue weighted by atomic mass is 16.5. The monoisotopic (exact) mass is 321 g/mol. The van der Waals surface area contributed by atoms with Crippen molar-refractivity contribution in [3.63, 3.8) is 0 Å². The number of aliphatic carboxylic acids is 1. The van der Waals surface area contributed by atoms with Crippen molar-refractivity contribution in [3.05, 3.63) is 35.9 Å². The first-order valence-electron chi connectivity index (χ1n) is 7.38. The molecular formula is C17H23NO5. The van der Waals surface area contributed by atoms with E-state index >= 15 is 0 Å². The van der Waals surface area contributed by atoms with Gasteiger partial charge in [0.25, 0.3) is 5.91 Å². The molecule has 0 spiro atoms. The van der Waals surface area contributed by atoms with Gasteiger partial charge in [-0.25, -0.2) is 4.79 Å². The summed E-state index contributed by atoms with van der Waals surface area (Å²) in [6.07, 6.45) is 3.52. The van der Waals surface area contributed by atoms with E-state index in [9.17, 15) is 14.7 Å². The summed E-state index contributed by atoms with van der Waals surface area (Å²) >= 11 is 0. The zero-order valence-electron chi connectivity index (χ0n) is 13.8. The second-order valence-electron chi connectivity index (χ2n) is 5.20. The van der Waals surface area contributed by atoms with Crippen LogP contribution in [0.25, 0.3) is 0 Å². The lowest BCUT2D eigenvalue weighted by molar-refractivity contribution is -0.139. The van der Waals surface area contributed by atoms with Gasteiger partial charge in [0.1, 0.15) is 17.5 Å². The molecule has 0 bridgehead atoms. The van der Waals surface area contributed by atoms with Crippen LogP contribution in [0.15, 0.2) is 30.4 Å². The first kappa shape index (κ1) is 18.5. The summed E-state index contributed by atoms with van der Waals surface area (Å²) < 4.78 is 10.8. The zero-order valence-corrected chi connectivity index (χ0v) is 13.8. The van der Waals surface area contributed by atoms with Gasteiger partial charge in [-0.2, -0.15) is 0 Å². The maximum Gasteiger partial charge on any atom is 0.326 e. The third kappa shape index (κ3) is 5.65. The van der Waals surface area contributed by atoms with Crippen molar-refractivity contribution < 1.29 is 24.2 Å². The Bertz CT molecular complexity index is 580. The molecule has 0 fully saturated rings. The van der Waals surface area contributed by atoms with Crippen LogP contribution in [0.2, 0.25) is 0 Å². The SMILES string of the molecule is C/C=C/CC(NC(=O)c1ccc(OC)cc1OC(C)C)C(=O)O. The Morgan fingerprint density at radius 1 is 1.35 bits per heavy atom. The summed E-state index contributed by atoms with van der Waals surface area (Å²) in [5, 5.41) is 11.7. The van der Waals surface area contributed by atoms with Crippen molar-refractivity contribution in [2.45, 2.75) is 39.3 Å². The number of benzene rings is 1. The number of hydrogen-bond acceptors (Lipinski definition) is 4. The van der Waals surface area contributed by atoms with Gasteiger partial charge in [-0.05, 0) is 39.3 Å². The molecule has 0 radical (unpaired) electrons. The molecule has 0 aromatic heterocycles. The van der Waals surface area contributed by atoms with Crippen LogP contribution in [-0.4, -0.2) is 36.2 Å². The van der Waals surface area contributed by atoms with Gasteiger partial charge in [0.2, 0.25) is 0 Å². The quantitative estimate of drug-likeness (QED) is 0.719. The van der Waals surface area contributed by atoms with Crippen molar-refractivity contribution in [2.24, 2.45) is 0 Å². The molecular weight excluding hydrogens is 298 g/mol. The molecule has 1 aromatic rings. The van der Waals surface area contributed by atoms with Crippen molar-refractivity contribution in [3.8, 4) is 11.5 Å². The van der Waals surface area contributed by atoms with Crippen LogP contribution in [0.4, 0.5) is 0 Å². The molecule has 2 N–H and O–H groups in total. The number of hydrogen-bond donors (Lipinski definition) is 2. The van der Waals surface area contributed by atoms with E-state index in [0.717, 1.165) is 0 Å². The molecule has 0 aliphatic carbocycles. The Morgan fingerprint density at radius 2 is 2.04 bits per heavy atom. The fourth-order valence-electron chi connectivity index (χ4n) is 1.90. The third-order valence-electron chi connectivity index (χ3n) is 3.01. The van der Waals surface area contributed by atoms with Gasteiger partial charge >= 0.3 is 5.97 Å². The molecule has 0 saturated carbocycles. The first-order valence-corrected chi connectivity index (χ1v) is 7.38. The Morgan fingerprint density at radius 3 is 2.57 bits per heavy atom. The molecule has 0 aliphatic rings. The molecule has 23 heavy (non-hydrogen) atoms. The molecule has 0 saturated heterocycles. The van der Waals surface area contributed by atoms with Gasteiger partial charge in [0.15, 0.2) is 0 Å². The summed E-state index contributed by atoms with van der Waals surface area (Å²) in [7, 11) is 1.52. The van der Waals surface area contributed by atoms with E-state index in [4.69, 9.17) is 9.47 Å². The van der Waals surface area contributed by atoms with E-state index in [0.29, 0.717) is 11.5 Å². The minimum absolute atomic E-state index is 0.132. The van der Waals surface area contributed by atoms with E-state index in [1.165, 1.54) is 7.11 Å². The third-order valence-corrected chi connectivity index (χ3v) is 3.01. The van der Waals surface area contributed by atoms with Gasteiger partial charge in [-0.1, -0.05) is 12.2 Å². The van der Waals surface area contributed by atoms with Crippen molar-refractivity contribution in [2.75, 3.05) is 7.11 Å². The fraction of sp³-hybridized carbons (Fsp3) is 0.412. The van der Waals surface area contributed by atoms with Gasteiger partial charge in [0.05, 0.1) is 18.8 Å². The molecule has 1 amide bonds. The highest BCUT2D eigenvalue weighted by Gasteiger charge is 2.22. The van der Waals surface area contributed by atoms with Crippen LogP contribution >= 0.6 is 0 Å². The topological polar surface area (TPSA) is 84.9 Å². The van der Waals surface area contributed by atoms with E-state index < -0.39 is 17.9 Å². The predicted octanol–water partition coefficient (Wildman–Crippen LogP) is 2.63. The standard InChI is InChI=1S/C17H23NO5/c1-5-6-7-14(17(20)21)18-16(19)13-9-8-12(22-4)10-15(13)23-11(2)3/h5-6,8-11,14H,7H2,1-4H3,(H,18,19)(H,20,21)/b6-5+. The maximum atomic E-state index is 12.4. The maximum absolute atomic E-state index is 12.4. The van der Waals surface area contributed by atoms with Crippen molar-refractivity contribution >= 4 is 11.9 Å². The second kappa shape index (κ2) is 8.82. The fourth-order valence-corrected chi connectivity index (χ4v) is 1.90. The molecule has 6 heteroatoms. The van der Waals surface area contributed by atoms with Crippen molar-refractivity contribution in [1.82, 2.24) is 5.32 Å². The van der Waals surface area contributed by atoms with Crippen LogP contribution in [-0.2, 0) is 4.79 Å². The Balaban J connectivity index is 3.03. The van der Waals surface area contributed by atoms with Crippen LogP contribution < -0.4 is 14.8 Å². The minimum atomic E-state index is -1.09. The lowest BCUT2D eigenvalue weighted by atomic mass is 10.1. The van der Waals surface area contributed by atoms with Gasteiger partial charge in [-0.15, -0.1) is 0 Å². The normalized spacial score (nSPS) is 12.2. The lowest BCUT2D eigenvalue weighted by Crippen LogP contribution is -2.40. The molecule has 6 nitrogen and oxygen atoms in total. The average Bonchev–Trinajstić information content (AvgIpc) is 2.50. The highest BCUT2D eigenvalue weighted by molar-refractivity contribution is 5.99. The number of methoxy groups -OCH3 is 1. The summed E-state index contributed by atoms with van der Waals surface area (Å²) in [5.41, 5.74) is 0.270. The Kier molecular flexibility index (Phi) is 7.12. The van der Waals surface area contributed by atoms with E-state index in [1.54, 1.807) is 37.3 Å². The number of rotatable bonds is 8. The predicted molar refractivity (Wildman–Crippen MR) is 87.1 cm³/mol. The molecule has 1 atom stereocenters. The molecule has 1 aromatic carbocycles. The van der Waals surface area contributed by atoms with Gasteiger partial charge < -0.3 is 19.9 Å². The molecule has 1 unspecified atom stereocenters. The zero-order chi connectivity index (χ0) is 17.4. The van der Waals surface area contributed by atoms with E-state index in [-0.39, 0.29) is 18.1 Å². The molecule has 0 aliphatic heterocycles. The van der Waals surface area contributed by atoms with E-state index in [1.807, 2.05) is 13.8 Å². The smallest absolute Gasteiger partial charge is 0.326 e. The average molecular weight is 321 g/mol. The highest BCUT2D eigenvalue weighted by Crippen LogP contribution is 2.26. The Labute approximate surface area is 136 Å². The summed E-state index contributed by atoms with van der Waals surface area (Å²) in [4.78, 5) is 23.6. The molecule has 1 rings (SSSR count). The number of amides is 1. The lowest BCUT2D eigenvalue weighted by Gasteiger charge is -2.17. The number of carboxylic acids is 1. The number of ether oxygens (including phenoxy) is 2. The number of carbonyl (C=O) groups is 2. The second-order valence-corrected chi connectivity index (χ2v) is 5.20. The van der Waals surface area contributed by atoms with Crippen molar-refractivity contribution in [1.29, 1.82) is 0 Å². The number of carboxylic acid groups (broad SMARTS) is 1. The van der Waals surface area contributed by atoms with Crippen LogP contribution in [0.5, 0.6) is 11.5 Å². The number of nitrogens with one attached hydrogen (secondary N) is 1. The largest absolute Gasteiger partial charge is 0.497 e. The van der Waals surface area contributed by atoms with Gasteiger partial charge in [0, 0.05) is 6.07 Å². The molecule has 126 valence electrons. The summed E-state index contributed by atoms with van der Waals surface area (Å²) in [5.74, 6) is -0.676. The van der Waals surface area contributed by atoms with Crippen LogP contribution in [0.3, 0.4) is 0 Å². The first-order chi connectivity index (χ1) is 10.9. The van der Waals surface area contributed by atoms with E-state index in [2.05, 4.69) is 5.32 Å². The Hall–Kier alpha value is -2.50. The molecule has 0 heterocycles. The number of allylic oxidation sites excluding steroid dienone is 1. The minimum Gasteiger partial charge on any atom is -0.497 e. The summed E-state index contributed by atoms with van der Waals surface area (Å²) in [6.45, 7) is 5.47. The number of carbonyl (C=O) groups excluding carboxylic acids is 1. The summed E-state index contributed by atoms with van der Waals surface area (Å²) in [6, 6.07) is 3.80. The van der Waals surface area contributed by atoms with Crippen LogP contribution in [0.1, 0.15) is 37.6 Å². The van der Waals surface area contributed by atoms with Crippen LogP contribution in [0, 0.1) is 0 Å².